The van der Waals surface area contributed by atoms with Gasteiger partial charge in [-0.1, -0.05) is 44.9 Å². The molecule has 0 amide bonds. The van der Waals surface area contributed by atoms with Gasteiger partial charge in [-0.15, -0.1) is 0 Å². The monoisotopic (exact) mass is 264 g/mol. The summed E-state index contributed by atoms with van der Waals surface area (Å²) in [6.07, 6.45) is 10.9. The van der Waals surface area contributed by atoms with Crippen LogP contribution in [0.5, 0.6) is 0 Å². The third-order valence-corrected chi connectivity index (χ3v) is 4.00. The smallest absolute Gasteiger partial charge is 0.303 e. The second kappa shape index (κ2) is 6.93. The highest BCUT2D eigenvalue weighted by Gasteiger charge is 2.30. The van der Waals surface area contributed by atoms with Crippen molar-refractivity contribution in [1.82, 2.24) is 0 Å². The highest BCUT2D eigenvalue weighted by atomic mass is 16.5. The maximum absolute atomic E-state index is 11.1. The molecular weight excluding hydrogens is 236 g/mol. The Kier molecular flexibility index (Phi) is 5.84. The van der Waals surface area contributed by atoms with Crippen LogP contribution in [0.25, 0.3) is 0 Å². The van der Waals surface area contributed by atoms with E-state index in [1.807, 2.05) is 0 Å². The molecule has 0 aromatic rings. The van der Waals surface area contributed by atoms with Gasteiger partial charge in [0.05, 0.1) is 0 Å². The third kappa shape index (κ3) is 4.85. The standard InChI is InChI=1S/C17H28O2/c1-6-8-15(19-14(3)18)10-11-16-13(2)9-7-12-17(16,4)5/h9-11,15-16H,6-8,12H2,1-5H3/t15-,16-/m1/s1. The normalized spacial score (nSPS) is 24.1. The summed E-state index contributed by atoms with van der Waals surface area (Å²) in [6, 6.07) is 0. The molecule has 108 valence electrons. The van der Waals surface area contributed by atoms with Crippen molar-refractivity contribution in [3.8, 4) is 0 Å². The molecule has 2 heteroatoms. The molecule has 0 bridgehead atoms. The minimum Gasteiger partial charge on any atom is -0.458 e. The van der Waals surface area contributed by atoms with Crippen molar-refractivity contribution in [3.05, 3.63) is 23.8 Å². The van der Waals surface area contributed by atoms with Gasteiger partial charge in [-0.05, 0) is 37.7 Å². The third-order valence-electron chi connectivity index (χ3n) is 4.00. The summed E-state index contributed by atoms with van der Waals surface area (Å²) in [5.41, 5.74) is 1.73. The Morgan fingerprint density at radius 1 is 1.58 bits per heavy atom. The minimum atomic E-state index is -0.196. The van der Waals surface area contributed by atoms with Gasteiger partial charge in [0.1, 0.15) is 6.10 Å². The predicted octanol–water partition coefficient (Wildman–Crippen LogP) is 4.66. The summed E-state index contributed by atoms with van der Waals surface area (Å²) in [7, 11) is 0. The summed E-state index contributed by atoms with van der Waals surface area (Å²) >= 11 is 0. The topological polar surface area (TPSA) is 26.3 Å². The van der Waals surface area contributed by atoms with Crippen LogP contribution >= 0.6 is 0 Å². The van der Waals surface area contributed by atoms with Gasteiger partial charge in [-0.3, -0.25) is 4.79 Å². The van der Waals surface area contributed by atoms with E-state index in [0.29, 0.717) is 11.3 Å². The number of rotatable bonds is 5. The number of hydrogen-bond donors (Lipinski definition) is 0. The van der Waals surface area contributed by atoms with Crippen molar-refractivity contribution >= 4 is 5.97 Å². The highest BCUT2D eigenvalue weighted by molar-refractivity contribution is 5.66. The largest absolute Gasteiger partial charge is 0.458 e. The molecule has 0 spiro atoms. The van der Waals surface area contributed by atoms with E-state index in [1.54, 1.807) is 0 Å². The molecule has 0 heterocycles. The van der Waals surface area contributed by atoms with E-state index in [9.17, 15) is 4.79 Å². The number of ether oxygens (including phenoxy) is 1. The van der Waals surface area contributed by atoms with Gasteiger partial charge in [0.15, 0.2) is 0 Å². The molecule has 0 radical (unpaired) electrons. The number of esters is 1. The maximum Gasteiger partial charge on any atom is 0.303 e. The molecule has 0 saturated carbocycles. The molecule has 0 aromatic heterocycles. The van der Waals surface area contributed by atoms with E-state index >= 15 is 0 Å². The van der Waals surface area contributed by atoms with E-state index in [-0.39, 0.29) is 12.1 Å². The number of allylic oxidation sites excluding steroid dienone is 3. The summed E-state index contributed by atoms with van der Waals surface area (Å²) in [5.74, 6) is 0.259. The first-order chi connectivity index (χ1) is 8.86. The Labute approximate surface area is 117 Å². The maximum atomic E-state index is 11.1. The lowest BCUT2D eigenvalue weighted by atomic mass is 9.68. The van der Waals surface area contributed by atoms with Gasteiger partial charge in [-0.25, -0.2) is 0 Å². The van der Waals surface area contributed by atoms with Gasteiger partial charge in [0.25, 0.3) is 0 Å². The first-order valence-electron chi connectivity index (χ1n) is 7.39. The molecule has 1 aliphatic rings. The zero-order valence-electron chi connectivity index (χ0n) is 13.0. The molecule has 2 atom stereocenters. The van der Waals surface area contributed by atoms with E-state index in [2.05, 4.69) is 45.9 Å². The fourth-order valence-corrected chi connectivity index (χ4v) is 2.91. The lowest BCUT2D eigenvalue weighted by Crippen LogP contribution is -2.26. The van der Waals surface area contributed by atoms with Crippen LogP contribution in [0.3, 0.4) is 0 Å². The summed E-state index contributed by atoms with van der Waals surface area (Å²) < 4.78 is 5.34. The van der Waals surface area contributed by atoms with Crippen molar-refractivity contribution in [1.29, 1.82) is 0 Å². The molecule has 0 unspecified atom stereocenters. The van der Waals surface area contributed by atoms with Crippen molar-refractivity contribution in [2.45, 2.75) is 66.4 Å². The first-order valence-corrected chi connectivity index (χ1v) is 7.39. The van der Waals surface area contributed by atoms with Crippen LogP contribution in [0.15, 0.2) is 23.8 Å². The fourth-order valence-electron chi connectivity index (χ4n) is 2.91. The molecule has 1 aliphatic carbocycles. The quantitative estimate of drug-likeness (QED) is 0.533. The van der Waals surface area contributed by atoms with Crippen LogP contribution in [0, 0.1) is 11.3 Å². The SMILES string of the molecule is CCC[C@H](C=C[C@@H]1C(C)=CCCC1(C)C)OC(C)=O. The summed E-state index contributed by atoms with van der Waals surface area (Å²) in [5, 5.41) is 0. The number of carbonyl (C=O) groups excluding carboxylic acids is 1. The Hall–Kier alpha value is -1.05. The van der Waals surface area contributed by atoms with E-state index < -0.39 is 0 Å². The Bertz CT molecular complexity index is 363. The van der Waals surface area contributed by atoms with Gasteiger partial charge in [0.2, 0.25) is 0 Å². The second-order valence-corrected chi connectivity index (χ2v) is 6.27. The molecule has 0 aromatic carbocycles. The van der Waals surface area contributed by atoms with E-state index in [0.717, 1.165) is 12.8 Å². The van der Waals surface area contributed by atoms with Crippen molar-refractivity contribution in [3.63, 3.8) is 0 Å². The van der Waals surface area contributed by atoms with Crippen molar-refractivity contribution in [2.24, 2.45) is 11.3 Å². The molecular formula is C17H28O2. The zero-order valence-corrected chi connectivity index (χ0v) is 13.0. The minimum absolute atomic E-state index is 0.0759. The van der Waals surface area contributed by atoms with Crippen LogP contribution in [0.4, 0.5) is 0 Å². The van der Waals surface area contributed by atoms with Crippen LogP contribution in [0.2, 0.25) is 0 Å². The molecule has 19 heavy (non-hydrogen) atoms. The Morgan fingerprint density at radius 2 is 2.26 bits per heavy atom. The summed E-state index contributed by atoms with van der Waals surface area (Å²) in [6.45, 7) is 10.4. The van der Waals surface area contributed by atoms with Gasteiger partial charge >= 0.3 is 5.97 Å². The molecule has 0 saturated heterocycles. The molecule has 1 rings (SSSR count). The van der Waals surface area contributed by atoms with E-state index in [1.165, 1.54) is 25.3 Å². The molecule has 2 nitrogen and oxygen atoms in total. The first kappa shape index (κ1) is 16.0. The molecule has 0 fully saturated rings. The lowest BCUT2D eigenvalue weighted by Gasteiger charge is -2.37. The second-order valence-electron chi connectivity index (χ2n) is 6.27. The highest BCUT2D eigenvalue weighted by Crippen LogP contribution is 2.41. The van der Waals surface area contributed by atoms with Crippen LogP contribution in [-0.4, -0.2) is 12.1 Å². The van der Waals surface area contributed by atoms with Gasteiger partial charge in [0, 0.05) is 12.8 Å². The molecule has 0 aliphatic heterocycles. The molecule has 0 N–H and O–H groups in total. The fraction of sp³-hybridized carbons (Fsp3) is 0.706. The summed E-state index contributed by atoms with van der Waals surface area (Å²) in [4.78, 5) is 11.1. The van der Waals surface area contributed by atoms with Crippen LogP contribution < -0.4 is 0 Å². The van der Waals surface area contributed by atoms with Crippen LogP contribution in [-0.2, 0) is 9.53 Å². The van der Waals surface area contributed by atoms with Crippen molar-refractivity contribution < 1.29 is 9.53 Å². The van der Waals surface area contributed by atoms with Gasteiger partial charge in [-0.2, -0.15) is 0 Å². The van der Waals surface area contributed by atoms with Crippen LogP contribution in [0.1, 0.15) is 60.3 Å². The number of carbonyl (C=O) groups is 1. The van der Waals surface area contributed by atoms with Gasteiger partial charge < -0.3 is 4.74 Å². The zero-order chi connectivity index (χ0) is 14.5. The number of hydrogen-bond acceptors (Lipinski definition) is 2. The average molecular weight is 264 g/mol. The van der Waals surface area contributed by atoms with Crippen molar-refractivity contribution in [2.75, 3.05) is 0 Å². The average Bonchev–Trinajstić information content (AvgIpc) is 2.26. The van der Waals surface area contributed by atoms with E-state index in [4.69, 9.17) is 4.74 Å². The predicted molar refractivity (Wildman–Crippen MR) is 79.9 cm³/mol. The Balaban J connectivity index is 2.78. The lowest BCUT2D eigenvalue weighted by molar-refractivity contribution is -0.144. The Morgan fingerprint density at radius 3 is 2.79 bits per heavy atom.